The van der Waals surface area contributed by atoms with Crippen molar-refractivity contribution in [1.82, 2.24) is 4.57 Å². The first-order chi connectivity index (χ1) is 8.70. The van der Waals surface area contributed by atoms with Gasteiger partial charge in [0.25, 0.3) is 0 Å². The highest BCUT2D eigenvalue weighted by Gasteiger charge is 2.02. The second kappa shape index (κ2) is 6.10. The number of hydrogen-bond donors (Lipinski definition) is 1. The van der Waals surface area contributed by atoms with Crippen LogP contribution in [0, 0.1) is 6.92 Å². The Hall–Kier alpha value is -1.22. The molecule has 0 atom stereocenters. The molecule has 1 aromatic carbocycles. The number of aryl methyl sites for hydroxylation is 2. The molecule has 2 aromatic rings. The van der Waals surface area contributed by atoms with Crippen LogP contribution < -0.4 is 5.32 Å². The van der Waals surface area contributed by atoms with Crippen LogP contribution in [0.4, 0.5) is 5.69 Å². The van der Waals surface area contributed by atoms with E-state index in [4.69, 9.17) is 0 Å². The summed E-state index contributed by atoms with van der Waals surface area (Å²) < 4.78 is 3.41. The van der Waals surface area contributed by atoms with E-state index in [1.165, 1.54) is 11.3 Å². The van der Waals surface area contributed by atoms with Gasteiger partial charge < -0.3 is 9.88 Å². The molecule has 0 aliphatic rings. The maximum Gasteiger partial charge on any atom is 0.0553 e. The maximum absolute atomic E-state index is 3.57. The normalized spacial score (nSPS) is 10.6. The lowest BCUT2D eigenvalue weighted by Gasteiger charge is -2.12. The van der Waals surface area contributed by atoms with Gasteiger partial charge in [-0.2, -0.15) is 0 Å². The number of halogens is 1. The summed E-state index contributed by atoms with van der Waals surface area (Å²) in [6, 6.07) is 10.6. The average Bonchev–Trinajstić information content (AvgIpc) is 2.78. The molecular formula is C15H19BrN2. The summed E-state index contributed by atoms with van der Waals surface area (Å²) in [4.78, 5) is 0. The lowest BCUT2D eigenvalue weighted by Crippen LogP contribution is -2.07. The fourth-order valence-corrected chi connectivity index (χ4v) is 2.42. The SMILES string of the molecule is CCCn1cccc1CNc1cc(C)ccc1Br. The first kappa shape index (κ1) is 13.2. The minimum atomic E-state index is 0.856. The molecule has 3 heteroatoms. The summed E-state index contributed by atoms with van der Waals surface area (Å²) in [6.07, 6.45) is 3.31. The van der Waals surface area contributed by atoms with Crippen molar-refractivity contribution in [3.63, 3.8) is 0 Å². The lowest BCUT2D eigenvalue weighted by atomic mass is 10.2. The molecule has 0 saturated heterocycles. The topological polar surface area (TPSA) is 17.0 Å². The van der Waals surface area contributed by atoms with E-state index in [9.17, 15) is 0 Å². The van der Waals surface area contributed by atoms with Crippen LogP contribution in [0.2, 0.25) is 0 Å². The van der Waals surface area contributed by atoms with Crippen LogP contribution in [0.1, 0.15) is 24.6 Å². The third-order valence-corrected chi connectivity index (χ3v) is 3.66. The number of nitrogens with zero attached hydrogens (tertiary/aromatic N) is 1. The van der Waals surface area contributed by atoms with Crippen LogP contribution in [0.25, 0.3) is 0 Å². The van der Waals surface area contributed by atoms with Crippen molar-refractivity contribution in [1.29, 1.82) is 0 Å². The third-order valence-electron chi connectivity index (χ3n) is 2.97. The van der Waals surface area contributed by atoms with Gasteiger partial charge in [0.05, 0.1) is 6.54 Å². The summed E-state index contributed by atoms with van der Waals surface area (Å²) in [5.41, 5.74) is 3.74. The van der Waals surface area contributed by atoms with Gasteiger partial charge in [0, 0.05) is 28.6 Å². The van der Waals surface area contributed by atoms with Crippen LogP contribution in [0.5, 0.6) is 0 Å². The quantitative estimate of drug-likeness (QED) is 0.855. The monoisotopic (exact) mass is 306 g/mol. The molecule has 1 aromatic heterocycles. The van der Waals surface area contributed by atoms with E-state index < -0.39 is 0 Å². The highest BCUT2D eigenvalue weighted by Crippen LogP contribution is 2.24. The molecular weight excluding hydrogens is 288 g/mol. The Balaban J connectivity index is 2.06. The Kier molecular flexibility index (Phi) is 4.48. The van der Waals surface area contributed by atoms with Crippen LogP contribution in [0.3, 0.4) is 0 Å². The van der Waals surface area contributed by atoms with Gasteiger partial charge in [-0.25, -0.2) is 0 Å². The number of rotatable bonds is 5. The molecule has 18 heavy (non-hydrogen) atoms. The minimum absolute atomic E-state index is 0.856. The Labute approximate surface area is 117 Å². The van der Waals surface area contributed by atoms with Gasteiger partial charge in [-0.1, -0.05) is 13.0 Å². The average molecular weight is 307 g/mol. The zero-order valence-corrected chi connectivity index (χ0v) is 12.5. The van der Waals surface area contributed by atoms with Gasteiger partial charge in [0.1, 0.15) is 0 Å². The van der Waals surface area contributed by atoms with E-state index in [1.807, 2.05) is 0 Å². The van der Waals surface area contributed by atoms with Crippen LogP contribution in [-0.2, 0) is 13.1 Å². The molecule has 1 heterocycles. The van der Waals surface area contributed by atoms with E-state index >= 15 is 0 Å². The number of benzene rings is 1. The molecule has 0 spiro atoms. The Bertz CT molecular complexity index is 517. The third kappa shape index (κ3) is 3.16. The van der Waals surface area contributed by atoms with E-state index in [0.717, 1.165) is 29.7 Å². The van der Waals surface area contributed by atoms with Crippen molar-refractivity contribution in [2.45, 2.75) is 33.4 Å². The summed E-state index contributed by atoms with van der Waals surface area (Å²) in [6.45, 7) is 6.25. The molecule has 1 N–H and O–H groups in total. The zero-order chi connectivity index (χ0) is 13.0. The van der Waals surface area contributed by atoms with Gasteiger partial charge in [-0.3, -0.25) is 0 Å². The Morgan fingerprint density at radius 3 is 2.89 bits per heavy atom. The van der Waals surface area contributed by atoms with E-state index in [-0.39, 0.29) is 0 Å². The lowest BCUT2D eigenvalue weighted by molar-refractivity contribution is 0.654. The summed E-state index contributed by atoms with van der Waals surface area (Å²) in [5, 5.41) is 3.49. The van der Waals surface area contributed by atoms with E-state index in [1.54, 1.807) is 0 Å². The van der Waals surface area contributed by atoms with Gasteiger partial charge >= 0.3 is 0 Å². The predicted molar refractivity (Wildman–Crippen MR) is 80.9 cm³/mol. The molecule has 0 aliphatic heterocycles. The molecule has 0 unspecified atom stereocenters. The molecule has 0 bridgehead atoms. The van der Waals surface area contributed by atoms with Crippen LogP contribution in [-0.4, -0.2) is 4.57 Å². The van der Waals surface area contributed by atoms with Gasteiger partial charge in [-0.05, 0) is 59.1 Å². The Morgan fingerprint density at radius 2 is 2.11 bits per heavy atom. The molecule has 96 valence electrons. The van der Waals surface area contributed by atoms with E-state index in [2.05, 4.69) is 76.2 Å². The van der Waals surface area contributed by atoms with Crippen LogP contribution in [0.15, 0.2) is 41.0 Å². The molecule has 0 fully saturated rings. The van der Waals surface area contributed by atoms with Crippen molar-refractivity contribution in [2.75, 3.05) is 5.32 Å². The molecule has 2 nitrogen and oxygen atoms in total. The van der Waals surface area contributed by atoms with Crippen LogP contribution >= 0.6 is 15.9 Å². The van der Waals surface area contributed by atoms with Crippen molar-refractivity contribution < 1.29 is 0 Å². The second-order valence-electron chi connectivity index (χ2n) is 4.53. The molecule has 2 rings (SSSR count). The number of aromatic nitrogens is 1. The summed E-state index contributed by atoms with van der Waals surface area (Å²) in [5.74, 6) is 0. The maximum atomic E-state index is 3.57. The van der Waals surface area contributed by atoms with Gasteiger partial charge in [0.15, 0.2) is 0 Å². The first-order valence-electron chi connectivity index (χ1n) is 6.34. The predicted octanol–water partition coefficient (Wildman–Crippen LogP) is 4.58. The summed E-state index contributed by atoms with van der Waals surface area (Å²) in [7, 11) is 0. The smallest absolute Gasteiger partial charge is 0.0553 e. The largest absolute Gasteiger partial charge is 0.379 e. The molecule has 0 radical (unpaired) electrons. The Morgan fingerprint density at radius 1 is 1.28 bits per heavy atom. The fourth-order valence-electron chi connectivity index (χ4n) is 2.03. The van der Waals surface area contributed by atoms with Crippen molar-refractivity contribution >= 4 is 21.6 Å². The molecule has 0 aliphatic carbocycles. The standard InChI is InChI=1S/C15H19BrN2/c1-3-8-18-9-4-5-13(18)11-17-15-10-12(2)6-7-14(15)16/h4-7,9-10,17H,3,8,11H2,1-2H3. The highest BCUT2D eigenvalue weighted by molar-refractivity contribution is 9.10. The summed E-state index contributed by atoms with van der Waals surface area (Å²) >= 11 is 3.57. The van der Waals surface area contributed by atoms with Crippen molar-refractivity contribution in [3.05, 3.63) is 52.3 Å². The van der Waals surface area contributed by atoms with Gasteiger partial charge in [-0.15, -0.1) is 0 Å². The number of anilines is 1. The first-order valence-corrected chi connectivity index (χ1v) is 7.14. The highest BCUT2D eigenvalue weighted by atomic mass is 79.9. The second-order valence-corrected chi connectivity index (χ2v) is 5.38. The fraction of sp³-hybridized carbons (Fsp3) is 0.333. The molecule has 0 amide bonds. The van der Waals surface area contributed by atoms with Gasteiger partial charge in [0.2, 0.25) is 0 Å². The van der Waals surface area contributed by atoms with E-state index in [0.29, 0.717) is 0 Å². The number of nitrogens with one attached hydrogen (secondary N) is 1. The molecule has 0 saturated carbocycles. The minimum Gasteiger partial charge on any atom is -0.379 e. The number of hydrogen-bond acceptors (Lipinski definition) is 1. The van der Waals surface area contributed by atoms with Crippen molar-refractivity contribution in [3.8, 4) is 0 Å². The van der Waals surface area contributed by atoms with Crippen molar-refractivity contribution in [2.24, 2.45) is 0 Å². The zero-order valence-electron chi connectivity index (χ0n) is 10.9.